The number of hydrogen-bond acceptors (Lipinski definition) is 8. The molecule has 1 aromatic heterocycles. The van der Waals surface area contributed by atoms with E-state index in [-0.39, 0.29) is 22.2 Å². The number of Topliss-reactive ketones (excluding diaryl/α,β-unsaturated/α-hetero) is 1. The van der Waals surface area contributed by atoms with Gasteiger partial charge in [-0.25, -0.2) is 14.2 Å². The predicted molar refractivity (Wildman–Crippen MR) is 136 cm³/mol. The van der Waals surface area contributed by atoms with Crippen molar-refractivity contribution in [2.75, 3.05) is 18.6 Å². The number of methoxy groups -OCH3 is 1. The van der Waals surface area contributed by atoms with E-state index in [9.17, 15) is 23.9 Å². The number of esters is 1. The Morgan fingerprint density at radius 2 is 1.92 bits per heavy atom. The molecule has 3 aromatic rings. The molecule has 1 amide bonds. The average Bonchev–Trinajstić information content (AvgIpc) is 3.39. The Morgan fingerprint density at radius 1 is 1.22 bits per heavy atom. The Kier molecular flexibility index (Phi) is 7.21. The smallest absolute Gasteiger partial charge is 0.350 e. The normalized spacial score (nSPS) is 16.6. The highest BCUT2D eigenvalue weighted by Gasteiger charge is 2.48. The molecule has 1 N–H and O–H groups in total. The molecule has 10 heteroatoms. The minimum absolute atomic E-state index is 0.00713. The summed E-state index contributed by atoms with van der Waals surface area (Å²) in [7, 11) is 1.51. The first-order valence-corrected chi connectivity index (χ1v) is 12.0. The number of aryl methyl sites for hydroxylation is 2. The topological polar surface area (TPSA) is 106 Å². The molecule has 190 valence electrons. The van der Waals surface area contributed by atoms with Crippen molar-refractivity contribution in [3.05, 3.63) is 93.8 Å². The highest BCUT2D eigenvalue weighted by molar-refractivity contribution is 7.17. The monoisotopic (exact) mass is 522 g/mol. The van der Waals surface area contributed by atoms with Crippen molar-refractivity contribution in [2.24, 2.45) is 0 Å². The van der Waals surface area contributed by atoms with Gasteiger partial charge in [0.1, 0.15) is 28.8 Å². The summed E-state index contributed by atoms with van der Waals surface area (Å²) in [5.41, 5.74) is 1.43. The molecule has 1 saturated heterocycles. The molecule has 0 spiro atoms. The van der Waals surface area contributed by atoms with Gasteiger partial charge in [-0.1, -0.05) is 36.1 Å². The first kappa shape index (κ1) is 25.8. The van der Waals surface area contributed by atoms with E-state index in [1.165, 1.54) is 37.5 Å². The number of rotatable bonds is 7. The lowest BCUT2D eigenvalue weighted by Gasteiger charge is -2.23. The van der Waals surface area contributed by atoms with E-state index in [4.69, 9.17) is 9.47 Å². The van der Waals surface area contributed by atoms with E-state index in [1.54, 1.807) is 32.0 Å². The zero-order valence-electron chi connectivity index (χ0n) is 20.3. The van der Waals surface area contributed by atoms with E-state index in [1.807, 2.05) is 0 Å². The van der Waals surface area contributed by atoms with Gasteiger partial charge in [-0.3, -0.25) is 14.5 Å². The molecule has 2 aromatic carbocycles. The summed E-state index contributed by atoms with van der Waals surface area (Å²) >= 11 is 0.878. The molecule has 1 aliphatic rings. The van der Waals surface area contributed by atoms with Gasteiger partial charge in [0.05, 0.1) is 24.4 Å². The Morgan fingerprint density at radius 3 is 2.54 bits per heavy atom. The fraction of sp³-hybridized carbons (Fsp3) is 0.185. The zero-order valence-corrected chi connectivity index (χ0v) is 21.1. The van der Waals surface area contributed by atoms with Crippen LogP contribution in [0.2, 0.25) is 0 Å². The van der Waals surface area contributed by atoms with E-state index in [0.29, 0.717) is 28.1 Å². The second-order valence-corrected chi connectivity index (χ2v) is 9.18. The lowest BCUT2D eigenvalue weighted by atomic mass is 9.94. The number of carbonyl (C=O) groups is 3. The molecule has 0 saturated carbocycles. The summed E-state index contributed by atoms with van der Waals surface area (Å²) in [6.45, 7) is 6.81. The number of aromatic nitrogens is 1. The molecule has 0 radical (unpaired) electrons. The van der Waals surface area contributed by atoms with Crippen molar-refractivity contribution in [2.45, 2.75) is 19.9 Å². The van der Waals surface area contributed by atoms with Crippen LogP contribution in [0.3, 0.4) is 0 Å². The van der Waals surface area contributed by atoms with Crippen molar-refractivity contribution in [1.82, 2.24) is 4.98 Å². The second kappa shape index (κ2) is 10.4. The van der Waals surface area contributed by atoms with Crippen LogP contribution in [0.25, 0.3) is 5.76 Å². The number of benzene rings is 2. The van der Waals surface area contributed by atoms with Crippen LogP contribution < -0.4 is 9.64 Å². The number of ketones is 1. The first-order valence-electron chi connectivity index (χ1n) is 11.1. The van der Waals surface area contributed by atoms with Crippen LogP contribution in [0.4, 0.5) is 9.52 Å². The van der Waals surface area contributed by atoms with Gasteiger partial charge in [0.25, 0.3) is 5.78 Å². The highest BCUT2D eigenvalue weighted by atomic mass is 32.1. The van der Waals surface area contributed by atoms with Gasteiger partial charge in [0, 0.05) is 5.56 Å². The molecule has 4 rings (SSSR count). The fourth-order valence-electron chi connectivity index (χ4n) is 4.04. The van der Waals surface area contributed by atoms with Crippen molar-refractivity contribution < 1.29 is 33.4 Å². The van der Waals surface area contributed by atoms with Crippen LogP contribution in [0.5, 0.6) is 5.75 Å². The maximum atomic E-state index is 13.7. The molecule has 2 heterocycles. The minimum Gasteiger partial charge on any atom is -0.507 e. The number of nitrogens with zero attached hydrogens (tertiary/aromatic N) is 2. The molecule has 0 bridgehead atoms. The fourth-order valence-corrected chi connectivity index (χ4v) is 5.03. The van der Waals surface area contributed by atoms with Crippen LogP contribution in [0.15, 0.2) is 60.7 Å². The molecule has 1 atom stereocenters. The molecular weight excluding hydrogens is 499 g/mol. The van der Waals surface area contributed by atoms with Crippen LogP contribution >= 0.6 is 11.3 Å². The standard InChI is InChI=1S/C27H23FN2O6S/c1-5-12-36-26(34)24-15(3)29-27(37-24)30-21(16-6-8-17(28)9-7-16)20(23(32)25(30)33)22(31)19-11-10-18(35-4)13-14(19)2/h5-11,13,21,31H,1,12H2,2-4H3/t21-/m0/s1. The lowest BCUT2D eigenvalue weighted by molar-refractivity contribution is -0.132. The predicted octanol–water partition coefficient (Wildman–Crippen LogP) is 4.88. The van der Waals surface area contributed by atoms with Gasteiger partial charge >= 0.3 is 11.9 Å². The van der Waals surface area contributed by atoms with Gasteiger partial charge in [0.2, 0.25) is 0 Å². The summed E-state index contributed by atoms with van der Waals surface area (Å²) in [5, 5.41) is 11.4. The number of aliphatic hydroxyl groups is 1. The minimum atomic E-state index is -1.12. The largest absolute Gasteiger partial charge is 0.507 e. The maximum absolute atomic E-state index is 13.7. The molecule has 1 fully saturated rings. The number of aliphatic hydroxyl groups excluding tert-OH is 1. The van der Waals surface area contributed by atoms with Crippen molar-refractivity contribution in [3.63, 3.8) is 0 Å². The third-order valence-corrected chi connectivity index (χ3v) is 6.96. The molecule has 8 nitrogen and oxygen atoms in total. The third kappa shape index (κ3) is 4.75. The molecule has 1 aliphatic heterocycles. The number of carbonyl (C=O) groups excluding carboxylic acids is 3. The Bertz CT molecular complexity index is 1440. The maximum Gasteiger partial charge on any atom is 0.350 e. The first-order chi connectivity index (χ1) is 17.7. The molecular formula is C27H23FN2O6S. The number of thiazole rings is 1. The highest BCUT2D eigenvalue weighted by Crippen LogP contribution is 2.44. The van der Waals surface area contributed by atoms with Gasteiger partial charge in [0.15, 0.2) is 5.13 Å². The summed E-state index contributed by atoms with van der Waals surface area (Å²) in [5.74, 6) is -2.88. The Balaban J connectivity index is 1.89. The van der Waals surface area contributed by atoms with Crippen LogP contribution in [0.1, 0.15) is 38.1 Å². The number of anilines is 1. The van der Waals surface area contributed by atoms with E-state index in [0.717, 1.165) is 16.2 Å². The van der Waals surface area contributed by atoms with Crippen LogP contribution in [-0.4, -0.2) is 41.5 Å². The Hall–Kier alpha value is -4.31. The molecule has 0 unspecified atom stereocenters. The van der Waals surface area contributed by atoms with Crippen molar-refractivity contribution in [1.29, 1.82) is 0 Å². The van der Waals surface area contributed by atoms with Crippen LogP contribution in [0, 0.1) is 19.7 Å². The summed E-state index contributed by atoms with van der Waals surface area (Å²) in [4.78, 5) is 44.7. The van der Waals surface area contributed by atoms with Gasteiger partial charge in [-0.2, -0.15) is 0 Å². The SMILES string of the molecule is C=CCOC(=O)c1sc(N2C(=O)C(=O)C(=C(O)c3ccc(OC)cc3C)[C@@H]2c2ccc(F)cc2)nc1C. The van der Waals surface area contributed by atoms with E-state index >= 15 is 0 Å². The average molecular weight is 523 g/mol. The quantitative estimate of drug-likeness (QED) is 0.155. The van der Waals surface area contributed by atoms with Crippen molar-refractivity contribution >= 4 is 39.9 Å². The van der Waals surface area contributed by atoms with Crippen molar-refractivity contribution in [3.8, 4) is 5.75 Å². The zero-order chi connectivity index (χ0) is 26.9. The van der Waals surface area contributed by atoms with E-state index in [2.05, 4.69) is 11.6 Å². The number of ether oxygens (including phenoxy) is 2. The molecule has 0 aliphatic carbocycles. The number of halogens is 1. The van der Waals surface area contributed by atoms with Gasteiger partial charge < -0.3 is 14.6 Å². The van der Waals surface area contributed by atoms with E-state index < -0.39 is 35.3 Å². The molecule has 37 heavy (non-hydrogen) atoms. The summed E-state index contributed by atoms with van der Waals surface area (Å²) in [6, 6.07) is 9.00. The third-order valence-electron chi connectivity index (χ3n) is 5.83. The summed E-state index contributed by atoms with van der Waals surface area (Å²) in [6.07, 6.45) is 1.42. The number of hydrogen-bond donors (Lipinski definition) is 1. The van der Waals surface area contributed by atoms with Gasteiger partial charge in [-0.15, -0.1) is 0 Å². The second-order valence-electron chi connectivity index (χ2n) is 8.20. The lowest BCUT2D eigenvalue weighted by Crippen LogP contribution is -2.29. The Labute approximate surface area is 216 Å². The summed E-state index contributed by atoms with van der Waals surface area (Å²) < 4.78 is 24.1. The van der Waals surface area contributed by atoms with Crippen LogP contribution in [-0.2, 0) is 14.3 Å². The number of amides is 1. The van der Waals surface area contributed by atoms with Gasteiger partial charge in [-0.05, 0) is 55.3 Å².